The van der Waals surface area contributed by atoms with Gasteiger partial charge in [-0.2, -0.15) is 0 Å². The summed E-state index contributed by atoms with van der Waals surface area (Å²) in [5.41, 5.74) is 2.42. The molecule has 0 radical (unpaired) electrons. The van der Waals surface area contributed by atoms with Gasteiger partial charge in [-0.3, -0.25) is 0 Å². The van der Waals surface area contributed by atoms with Crippen LogP contribution in [0.2, 0.25) is 6.55 Å². The second-order valence-electron chi connectivity index (χ2n) is 7.30. The van der Waals surface area contributed by atoms with E-state index in [1.54, 1.807) is 0 Å². The average molecular weight is 392 g/mol. The first kappa shape index (κ1) is 32.3. The van der Waals surface area contributed by atoms with E-state index < -0.39 is 0 Å². The number of oxime groups is 3. The van der Waals surface area contributed by atoms with E-state index in [4.69, 9.17) is 15.6 Å². The van der Waals surface area contributed by atoms with E-state index in [-0.39, 0.29) is 0 Å². The minimum Gasteiger partial charge on any atom is -0.411 e. The molecule has 0 heterocycles. The highest BCUT2D eigenvalue weighted by molar-refractivity contribution is 6.05. The first-order chi connectivity index (χ1) is 12.0. The van der Waals surface area contributed by atoms with E-state index in [1.807, 2.05) is 20.8 Å². The molecule has 0 fully saturated rings. The van der Waals surface area contributed by atoms with Gasteiger partial charge in [0.05, 0.1) is 17.1 Å². The van der Waals surface area contributed by atoms with Crippen LogP contribution in [0.5, 0.6) is 0 Å². The predicted octanol–water partition coefficient (Wildman–Crippen LogP) is 5.05. The smallest absolute Gasteiger partial charge is 0.0542 e. The van der Waals surface area contributed by atoms with E-state index in [0.29, 0.717) is 17.8 Å². The molecule has 0 saturated carbocycles. The van der Waals surface area contributed by atoms with Gasteiger partial charge in [0.2, 0.25) is 0 Å². The maximum Gasteiger partial charge on any atom is 0.0542 e. The molecule has 0 aliphatic rings. The Morgan fingerprint density at radius 3 is 0.769 bits per heavy atom. The van der Waals surface area contributed by atoms with Crippen LogP contribution >= 0.6 is 0 Å². The van der Waals surface area contributed by atoms with Crippen LogP contribution in [0.3, 0.4) is 0 Å². The molecular weight excluding hydrogens is 346 g/mol. The van der Waals surface area contributed by atoms with E-state index in [2.05, 4.69) is 63.6 Å². The van der Waals surface area contributed by atoms with Crippen LogP contribution in [0.25, 0.3) is 0 Å². The fraction of sp³-hybridized carbons (Fsp3) is 0.842. The quantitative estimate of drug-likeness (QED) is 0.256. The van der Waals surface area contributed by atoms with Gasteiger partial charge in [0.1, 0.15) is 0 Å². The third kappa shape index (κ3) is 38.3. The Kier molecular flexibility index (Phi) is 29.4. The van der Waals surface area contributed by atoms with Crippen LogP contribution in [-0.4, -0.2) is 43.0 Å². The van der Waals surface area contributed by atoms with Crippen molar-refractivity contribution in [2.45, 2.75) is 88.1 Å². The molecule has 0 aliphatic carbocycles. The van der Waals surface area contributed by atoms with Crippen LogP contribution in [0.15, 0.2) is 15.5 Å². The summed E-state index contributed by atoms with van der Waals surface area (Å²) in [7, 11) is 1.31. The van der Waals surface area contributed by atoms with Crippen LogP contribution in [0.1, 0.15) is 81.6 Å². The number of hydrogen-bond acceptors (Lipinski definition) is 6. The minimum absolute atomic E-state index is 0.589. The molecule has 7 heteroatoms. The summed E-state index contributed by atoms with van der Waals surface area (Å²) in [6.45, 7) is 20.1. The second kappa shape index (κ2) is 23.6. The second-order valence-corrected chi connectivity index (χ2v) is 7.30. The summed E-state index contributed by atoms with van der Waals surface area (Å²) in [5, 5.41) is 33.7. The molecule has 0 aromatic rings. The van der Waals surface area contributed by atoms with Gasteiger partial charge in [0.25, 0.3) is 0 Å². The van der Waals surface area contributed by atoms with Gasteiger partial charge in [-0.15, -0.1) is 0 Å². The highest BCUT2D eigenvalue weighted by atomic mass is 28.1. The average Bonchev–Trinajstić information content (AvgIpc) is 2.55. The van der Waals surface area contributed by atoms with Crippen molar-refractivity contribution < 1.29 is 15.6 Å². The van der Waals surface area contributed by atoms with Gasteiger partial charge in [0.15, 0.2) is 0 Å². The standard InChI is InChI=1S/3C6H13NO.CH6Si/c3*1-5(2)4-6(3)7-8;1-2/h3*5,8H,4H2,1-3H3;1-2H3. The zero-order valence-corrected chi connectivity index (χ0v) is 21.0. The van der Waals surface area contributed by atoms with Crippen LogP contribution in [-0.2, 0) is 0 Å². The molecule has 6 nitrogen and oxygen atoms in total. The fourth-order valence-electron chi connectivity index (χ4n) is 1.89. The maximum atomic E-state index is 8.17. The van der Waals surface area contributed by atoms with Crippen molar-refractivity contribution >= 4 is 27.4 Å². The molecule has 26 heavy (non-hydrogen) atoms. The van der Waals surface area contributed by atoms with Crippen molar-refractivity contribution in [2.75, 3.05) is 0 Å². The van der Waals surface area contributed by atoms with Gasteiger partial charge in [0, 0.05) is 0 Å². The van der Waals surface area contributed by atoms with Crippen molar-refractivity contribution in [3.63, 3.8) is 0 Å². The molecular formula is C19H45N3O3Si. The molecule has 0 saturated heterocycles. The Labute approximate surface area is 164 Å². The van der Waals surface area contributed by atoms with Crippen molar-refractivity contribution in [3.8, 4) is 0 Å². The summed E-state index contributed by atoms with van der Waals surface area (Å²) in [6.07, 6.45) is 2.66. The highest BCUT2D eigenvalue weighted by Gasteiger charge is 1.96. The summed E-state index contributed by atoms with van der Waals surface area (Å²) < 4.78 is 0. The molecule has 0 aromatic heterocycles. The Bertz CT molecular complexity index is 323. The van der Waals surface area contributed by atoms with Crippen molar-refractivity contribution in [1.82, 2.24) is 0 Å². The SMILES string of the molecule is CC(CC(C)C)=NO.CC(CC(C)C)=NO.CC(CC(C)C)=NO.C[SiH3]. The third-order valence-corrected chi connectivity index (χ3v) is 2.62. The Hall–Kier alpha value is -1.37. The predicted molar refractivity (Wildman–Crippen MR) is 119 cm³/mol. The monoisotopic (exact) mass is 391 g/mol. The number of hydrogen-bond donors (Lipinski definition) is 3. The molecule has 0 spiro atoms. The molecule has 0 bridgehead atoms. The van der Waals surface area contributed by atoms with E-state index in [0.717, 1.165) is 36.4 Å². The normalized spacial score (nSPS) is 12.1. The molecule has 0 aromatic carbocycles. The molecule has 3 N–H and O–H groups in total. The molecule has 158 valence electrons. The van der Waals surface area contributed by atoms with Crippen molar-refractivity contribution in [1.29, 1.82) is 0 Å². The third-order valence-electron chi connectivity index (χ3n) is 2.62. The summed E-state index contributed by atoms with van der Waals surface area (Å²) >= 11 is 0. The summed E-state index contributed by atoms with van der Waals surface area (Å²) in [5.74, 6) is 1.77. The molecule has 0 amide bonds. The number of rotatable bonds is 6. The highest BCUT2D eigenvalue weighted by Crippen LogP contribution is 2.00. The lowest BCUT2D eigenvalue weighted by molar-refractivity contribution is 0.316. The lowest BCUT2D eigenvalue weighted by Gasteiger charge is -1.99. The molecule has 0 unspecified atom stereocenters. The van der Waals surface area contributed by atoms with Gasteiger partial charge < -0.3 is 15.6 Å². The maximum absolute atomic E-state index is 8.17. The zero-order valence-electron chi connectivity index (χ0n) is 19.0. The van der Waals surface area contributed by atoms with Gasteiger partial charge in [-0.1, -0.05) is 63.6 Å². The fourth-order valence-corrected chi connectivity index (χ4v) is 1.89. The van der Waals surface area contributed by atoms with Crippen molar-refractivity contribution in [2.24, 2.45) is 33.2 Å². The molecule has 0 rings (SSSR count). The van der Waals surface area contributed by atoms with Gasteiger partial charge >= 0.3 is 0 Å². The largest absolute Gasteiger partial charge is 0.411 e. The van der Waals surface area contributed by atoms with E-state index >= 15 is 0 Å². The Balaban J connectivity index is -0.000000133. The van der Waals surface area contributed by atoms with Gasteiger partial charge in [-0.25, -0.2) is 0 Å². The first-order valence-electron chi connectivity index (χ1n) is 9.52. The minimum atomic E-state index is 0.589. The van der Waals surface area contributed by atoms with Gasteiger partial charge in [-0.05, 0) is 68.0 Å². The lowest BCUT2D eigenvalue weighted by atomic mass is 10.1. The van der Waals surface area contributed by atoms with E-state index in [9.17, 15) is 0 Å². The first-order valence-corrected chi connectivity index (χ1v) is 11.5. The molecule has 0 atom stereocenters. The summed E-state index contributed by atoms with van der Waals surface area (Å²) in [4.78, 5) is 0. The number of nitrogens with zero attached hydrogens (tertiary/aromatic N) is 3. The topological polar surface area (TPSA) is 97.8 Å². The Morgan fingerprint density at radius 1 is 0.577 bits per heavy atom. The lowest BCUT2D eigenvalue weighted by Crippen LogP contribution is -1.96. The summed E-state index contributed by atoms with van der Waals surface area (Å²) in [6, 6.07) is 0. The van der Waals surface area contributed by atoms with Crippen LogP contribution in [0, 0.1) is 17.8 Å². The Morgan fingerprint density at radius 2 is 0.731 bits per heavy atom. The van der Waals surface area contributed by atoms with Crippen LogP contribution in [0.4, 0.5) is 0 Å². The van der Waals surface area contributed by atoms with Crippen LogP contribution < -0.4 is 0 Å². The van der Waals surface area contributed by atoms with Crippen molar-refractivity contribution in [3.05, 3.63) is 0 Å². The zero-order chi connectivity index (χ0) is 21.7. The molecule has 0 aliphatic heterocycles. The van der Waals surface area contributed by atoms with E-state index in [1.165, 1.54) is 10.2 Å².